The van der Waals surface area contributed by atoms with E-state index in [1.54, 1.807) is 0 Å². The maximum Gasteiger partial charge on any atom is 0.310 e. The van der Waals surface area contributed by atoms with Crippen LogP contribution in [0.5, 0.6) is 0 Å². The van der Waals surface area contributed by atoms with Gasteiger partial charge in [0.2, 0.25) is 0 Å². The second-order valence-electron chi connectivity index (χ2n) is 21.7. The lowest BCUT2D eigenvalue weighted by atomic mass is 9.80. The van der Waals surface area contributed by atoms with Crippen LogP contribution in [0.1, 0.15) is 161 Å². The fraction of sp³-hybridized carbons (Fsp3) is 0.905. The van der Waals surface area contributed by atoms with Crippen molar-refractivity contribution in [1.82, 2.24) is 21.3 Å². The minimum absolute atomic E-state index is 0.222. The highest BCUT2D eigenvalue weighted by Crippen LogP contribution is 2.36. The van der Waals surface area contributed by atoms with Crippen molar-refractivity contribution < 1.29 is 38.1 Å². The van der Waals surface area contributed by atoms with Gasteiger partial charge in [0.25, 0.3) is 0 Å². The smallest absolute Gasteiger partial charge is 0.310 e. The third-order valence-corrected chi connectivity index (χ3v) is 11.3. The van der Waals surface area contributed by atoms with Crippen LogP contribution in [0.15, 0.2) is 0 Å². The van der Waals surface area contributed by atoms with Crippen LogP contribution in [0.25, 0.3) is 0 Å². The molecular weight excluding hydrogens is 688 g/mol. The van der Waals surface area contributed by atoms with E-state index in [-0.39, 0.29) is 44.9 Å². The lowest BCUT2D eigenvalue weighted by Gasteiger charge is -2.46. The van der Waals surface area contributed by atoms with Gasteiger partial charge in [-0.25, -0.2) is 0 Å². The number of hydrogen-bond donors (Lipinski definition) is 4. The van der Waals surface area contributed by atoms with Gasteiger partial charge in [0.15, 0.2) is 0 Å². The predicted octanol–water partition coefficient (Wildman–Crippen LogP) is 5.63. The molecule has 3 unspecified atom stereocenters. The molecule has 0 bridgehead atoms. The van der Waals surface area contributed by atoms with Gasteiger partial charge in [-0.15, -0.1) is 0 Å². The van der Waals surface area contributed by atoms with E-state index in [1.165, 1.54) is 0 Å². The minimum Gasteiger partial charge on any atom is -0.462 e. The second-order valence-corrected chi connectivity index (χ2v) is 21.7. The Hall–Kier alpha value is -2.28. The molecule has 54 heavy (non-hydrogen) atoms. The molecular formula is C42H74N4O8. The summed E-state index contributed by atoms with van der Waals surface area (Å²) in [6, 6.07) is 0. The number of rotatable bonds is 11. The molecule has 4 aliphatic rings. The largest absolute Gasteiger partial charge is 0.462 e. The van der Waals surface area contributed by atoms with Crippen molar-refractivity contribution in [3.63, 3.8) is 0 Å². The van der Waals surface area contributed by atoms with Crippen LogP contribution in [0.3, 0.4) is 0 Å². The molecule has 12 heteroatoms. The standard InChI is InChI=1S/C42H74N4O8/c1-36(2)19-26(15-16-43-36)51-32(47)17-30(34(49)53-28-22-39(7,8)45-40(9,10)23-28)31(35(50)54-29-24-41(11,12)46-42(13,14)25-29)18-33(48)52-27-20-37(3,4)44-38(5,6)21-27/h26-31,43-46H,15-25H2,1-14H3. The van der Waals surface area contributed by atoms with E-state index in [4.69, 9.17) is 18.9 Å². The normalized spacial score (nSPS) is 28.5. The number of carbonyl (C=O) groups excluding carboxylic acids is 4. The molecule has 4 fully saturated rings. The average Bonchev–Trinajstić information content (AvgIpc) is 2.88. The Balaban J connectivity index is 1.66. The fourth-order valence-electron chi connectivity index (χ4n) is 10.5. The Morgan fingerprint density at radius 2 is 0.722 bits per heavy atom. The molecule has 4 N–H and O–H groups in total. The summed E-state index contributed by atoms with van der Waals surface area (Å²) in [4.78, 5) is 56.8. The molecule has 0 aromatic rings. The Kier molecular flexibility index (Phi) is 13.1. The predicted molar refractivity (Wildman–Crippen MR) is 209 cm³/mol. The van der Waals surface area contributed by atoms with E-state index in [1.807, 2.05) is 0 Å². The van der Waals surface area contributed by atoms with Crippen LogP contribution >= 0.6 is 0 Å². The number of hydrogen-bond acceptors (Lipinski definition) is 12. The van der Waals surface area contributed by atoms with Crippen molar-refractivity contribution in [1.29, 1.82) is 0 Å². The first-order chi connectivity index (χ1) is 24.4. The zero-order valence-electron chi connectivity index (χ0n) is 36.0. The summed E-state index contributed by atoms with van der Waals surface area (Å²) in [6.45, 7) is 29.6. The van der Waals surface area contributed by atoms with E-state index < -0.39 is 66.9 Å². The molecule has 4 aliphatic heterocycles. The maximum absolute atomic E-state index is 14.5. The SMILES string of the molecule is CC1(C)CC(OC(=O)CC(C(=O)OC2CC(C)(C)NC(C)(C)C2)C(CC(=O)OC2CC(C)(C)NC(C)(C)C2)C(=O)OC2CC(C)(C)NC(C)(C)C2)CCN1. The third kappa shape index (κ3) is 13.4. The van der Waals surface area contributed by atoms with Crippen molar-refractivity contribution >= 4 is 23.9 Å². The van der Waals surface area contributed by atoms with Crippen LogP contribution in [0.2, 0.25) is 0 Å². The summed E-state index contributed by atoms with van der Waals surface area (Å²) in [5.41, 5.74) is -2.08. The van der Waals surface area contributed by atoms with Crippen LogP contribution in [-0.2, 0) is 38.1 Å². The van der Waals surface area contributed by atoms with Gasteiger partial charge in [-0.05, 0) is 110 Å². The summed E-state index contributed by atoms with van der Waals surface area (Å²) in [7, 11) is 0. The molecule has 4 saturated heterocycles. The zero-order chi connectivity index (χ0) is 40.7. The van der Waals surface area contributed by atoms with Gasteiger partial charge < -0.3 is 40.2 Å². The van der Waals surface area contributed by atoms with Gasteiger partial charge >= 0.3 is 23.9 Å². The fourth-order valence-corrected chi connectivity index (χ4v) is 10.5. The van der Waals surface area contributed by atoms with E-state index in [9.17, 15) is 19.2 Å². The summed E-state index contributed by atoms with van der Waals surface area (Å²) in [5.74, 6) is -5.29. The molecule has 12 nitrogen and oxygen atoms in total. The quantitative estimate of drug-likeness (QED) is 0.153. The first-order valence-corrected chi connectivity index (χ1v) is 20.4. The zero-order valence-corrected chi connectivity index (χ0v) is 36.0. The molecule has 4 rings (SSSR count). The third-order valence-electron chi connectivity index (χ3n) is 11.3. The van der Waals surface area contributed by atoms with E-state index in [0.29, 0.717) is 57.9 Å². The number of esters is 4. The number of carbonyl (C=O) groups is 4. The van der Waals surface area contributed by atoms with Crippen LogP contribution in [-0.4, -0.2) is 93.6 Å². The van der Waals surface area contributed by atoms with Crippen molar-refractivity contribution in [3.8, 4) is 0 Å². The van der Waals surface area contributed by atoms with Crippen molar-refractivity contribution in [2.45, 2.75) is 224 Å². The second kappa shape index (κ2) is 15.9. The summed E-state index contributed by atoms with van der Waals surface area (Å²) < 4.78 is 24.6. The highest BCUT2D eigenvalue weighted by Gasteiger charge is 2.47. The first-order valence-electron chi connectivity index (χ1n) is 20.4. The molecule has 4 heterocycles. The Labute approximate surface area is 325 Å². The number of nitrogens with one attached hydrogen (secondary N) is 4. The maximum atomic E-state index is 14.5. The number of piperidine rings is 4. The van der Waals surface area contributed by atoms with Gasteiger partial charge in [0.05, 0.1) is 24.7 Å². The lowest BCUT2D eigenvalue weighted by molar-refractivity contribution is -0.177. The first kappa shape index (κ1) is 44.4. The highest BCUT2D eigenvalue weighted by molar-refractivity contribution is 5.88. The van der Waals surface area contributed by atoms with Crippen molar-refractivity contribution in [3.05, 3.63) is 0 Å². The van der Waals surface area contributed by atoms with Gasteiger partial charge in [-0.3, -0.25) is 19.2 Å². The Morgan fingerprint density at radius 3 is 1.04 bits per heavy atom. The van der Waals surface area contributed by atoms with Gasteiger partial charge in [0, 0.05) is 83.7 Å². The summed E-state index contributed by atoms with van der Waals surface area (Å²) in [5, 5.41) is 14.3. The van der Waals surface area contributed by atoms with Gasteiger partial charge in [-0.2, -0.15) is 0 Å². The molecule has 0 spiro atoms. The summed E-state index contributed by atoms with van der Waals surface area (Å²) >= 11 is 0. The summed E-state index contributed by atoms with van der Waals surface area (Å²) in [6.07, 6.45) is 2.03. The number of ether oxygens (including phenoxy) is 4. The molecule has 310 valence electrons. The van der Waals surface area contributed by atoms with Crippen molar-refractivity contribution in [2.24, 2.45) is 11.8 Å². The van der Waals surface area contributed by atoms with Gasteiger partial charge in [-0.1, -0.05) is 0 Å². The molecule has 0 aliphatic carbocycles. The van der Waals surface area contributed by atoms with Gasteiger partial charge in [0.1, 0.15) is 24.4 Å². The molecule has 3 atom stereocenters. The van der Waals surface area contributed by atoms with Crippen LogP contribution in [0.4, 0.5) is 0 Å². The molecule has 0 saturated carbocycles. The van der Waals surface area contributed by atoms with Crippen molar-refractivity contribution in [2.75, 3.05) is 6.54 Å². The minimum atomic E-state index is -1.33. The highest BCUT2D eigenvalue weighted by atomic mass is 16.6. The Morgan fingerprint density at radius 1 is 0.444 bits per heavy atom. The molecule has 0 radical (unpaired) electrons. The van der Waals surface area contributed by atoms with E-state index >= 15 is 0 Å². The van der Waals surface area contributed by atoms with E-state index in [2.05, 4.69) is 118 Å². The molecule has 0 aromatic carbocycles. The van der Waals surface area contributed by atoms with Crippen LogP contribution < -0.4 is 21.3 Å². The van der Waals surface area contributed by atoms with E-state index in [0.717, 1.165) is 0 Å². The lowest BCUT2D eigenvalue weighted by Crippen LogP contribution is -2.60. The van der Waals surface area contributed by atoms with Crippen LogP contribution in [0, 0.1) is 11.8 Å². The topological polar surface area (TPSA) is 153 Å². The monoisotopic (exact) mass is 763 g/mol. The molecule has 0 amide bonds. The Bertz CT molecular complexity index is 1340. The average molecular weight is 763 g/mol. The molecule has 0 aromatic heterocycles.